The zero-order valence-corrected chi connectivity index (χ0v) is 11.0. The van der Waals surface area contributed by atoms with Crippen molar-refractivity contribution in [1.82, 2.24) is 5.32 Å². The van der Waals surface area contributed by atoms with E-state index in [4.69, 9.17) is 4.42 Å². The lowest BCUT2D eigenvalue weighted by molar-refractivity contribution is 0.0951. The van der Waals surface area contributed by atoms with Gasteiger partial charge in [0.05, 0.1) is 12.5 Å². The lowest BCUT2D eigenvalue weighted by Crippen LogP contribution is -2.22. The van der Waals surface area contributed by atoms with E-state index in [0.717, 1.165) is 24.2 Å². The third-order valence-corrected chi connectivity index (χ3v) is 2.76. The Bertz CT molecular complexity index is 503. The number of furan rings is 1. The first-order valence-electron chi connectivity index (χ1n) is 6.43. The summed E-state index contributed by atoms with van der Waals surface area (Å²) in [6, 6.07) is 9.31. The molecule has 0 aliphatic heterocycles. The fraction of sp³-hybridized carbons (Fsp3) is 0.267. The van der Waals surface area contributed by atoms with Gasteiger partial charge in [-0.05, 0) is 36.8 Å². The molecule has 2 aromatic rings. The normalized spacial score (nSPS) is 10.2. The van der Waals surface area contributed by atoms with E-state index in [9.17, 15) is 4.79 Å². The van der Waals surface area contributed by atoms with Gasteiger partial charge in [-0.1, -0.05) is 6.92 Å². The van der Waals surface area contributed by atoms with Gasteiger partial charge >= 0.3 is 0 Å². The summed E-state index contributed by atoms with van der Waals surface area (Å²) in [5.41, 5.74) is 2.65. The van der Waals surface area contributed by atoms with Crippen molar-refractivity contribution in [3.63, 3.8) is 0 Å². The molecular weight excluding hydrogens is 240 g/mol. The standard InChI is InChI=1S/C15H18N2O2/c1-2-8-16-14-5-3-13(4-6-14)15(18)17-10-12-7-9-19-11-12/h3-7,9,11,16H,2,8,10H2,1H3,(H,17,18). The fourth-order valence-electron chi connectivity index (χ4n) is 1.69. The van der Waals surface area contributed by atoms with Gasteiger partial charge in [-0.3, -0.25) is 4.79 Å². The smallest absolute Gasteiger partial charge is 0.251 e. The molecule has 0 unspecified atom stereocenters. The van der Waals surface area contributed by atoms with Gasteiger partial charge in [0.15, 0.2) is 0 Å². The van der Waals surface area contributed by atoms with Crippen molar-refractivity contribution in [2.75, 3.05) is 11.9 Å². The zero-order chi connectivity index (χ0) is 13.5. The van der Waals surface area contributed by atoms with Crippen LogP contribution >= 0.6 is 0 Å². The Morgan fingerprint density at radius 1 is 1.21 bits per heavy atom. The summed E-state index contributed by atoms with van der Waals surface area (Å²) in [7, 11) is 0. The van der Waals surface area contributed by atoms with Gasteiger partial charge in [-0.25, -0.2) is 0 Å². The van der Waals surface area contributed by atoms with Crippen molar-refractivity contribution in [2.45, 2.75) is 19.9 Å². The predicted molar refractivity (Wildman–Crippen MR) is 75.1 cm³/mol. The van der Waals surface area contributed by atoms with Crippen LogP contribution in [0.2, 0.25) is 0 Å². The first kappa shape index (κ1) is 13.2. The molecule has 0 fully saturated rings. The van der Waals surface area contributed by atoms with Crippen LogP contribution in [-0.4, -0.2) is 12.5 Å². The molecule has 0 spiro atoms. The number of benzene rings is 1. The summed E-state index contributed by atoms with van der Waals surface area (Å²) < 4.78 is 4.95. The number of rotatable bonds is 6. The molecule has 1 amide bonds. The maximum atomic E-state index is 11.9. The summed E-state index contributed by atoms with van der Waals surface area (Å²) in [5.74, 6) is -0.0803. The molecule has 19 heavy (non-hydrogen) atoms. The molecule has 1 heterocycles. The minimum Gasteiger partial charge on any atom is -0.472 e. The van der Waals surface area contributed by atoms with E-state index in [-0.39, 0.29) is 5.91 Å². The number of amides is 1. The van der Waals surface area contributed by atoms with Crippen molar-refractivity contribution in [2.24, 2.45) is 0 Å². The summed E-state index contributed by atoms with van der Waals surface area (Å²) in [6.45, 7) is 3.53. The highest BCUT2D eigenvalue weighted by atomic mass is 16.3. The van der Waals surface area contributed by atoms with Crippen LogP contribution in [0.5, 0.6) is 0 Å². The van der Waals surface area contributed by atoms with Crippen LogP contribution in [0.25, 0.3) is 0 Å². The van der Waals surface area contributed by atoms with Gasteiger partial charge in [-0.2, -0.15) is 0 Å². The molecule has 0 bridgehead atoms. The van der Waals surface area contributed by atoms with Gasteiger partial charge in [-0.15, -0.1) is 0 Å². The van der Waals surface area contributed by atoms with Crippen LogP contribution in [0.3, 0.4) is 0 Å². The summed E-state index contributed by atoms with van der Waals surface area (Å²) in [5, 5.41) is 6.12. The number of carbonyl (C=O) groups excluding carboxylic acids is 1. The first-order chi connectivity index (χ1) is 9.29. The van der Waals surface area contributed by atoms with E-state index >= 15 is 0 Å². The van der Waals surface area contributed by atoms with Gasteiger partial charge in [0.1, 0.15) is 0 Å². The second kappa shape index (κ2) is 6.64. The number of anilines is 1. The lowest BCUT2D eigenvalue weighted by atomic mass is 10.2. The van der Waals surface area contributed by atoms with E-state index in [2.05, 4.69) is 17.6 Å². The zero-order valence-electron chi connectivity index (χ0n) is 11.0. The molecule has 0 aliphatic carbocycles. The summed E-state index contributed by atoms with van der Waals surface area (Å²) in [4.78, 5) is 11.9. The van der Waals surface area contributed by atoms with Crippen LogP contribution in [0.4, 0.5) is 5.69 Å². The molecule has 1 aromatic heterocycles. The van der Waals surface area contributed by atoms with Gasteiger partial charge in [0, 0.05) is 29.9 Å². The molecule has 0 saturated carbocycles. The van der Waals surface area contributed by atoms with Crippen molar-refractivity contribution in [1.29, 1.82) is 0 Å². The van der Waals surface area contributed by atoms with E-state index in [1.165, 1.54) is 0 Å². The summed E-state index contributed by atoms with van der Waals surface area (Å²) >= 11 is 0. The molecule has 4 nitrogen and oxygen atoms in total. The number of nitrogens with one attached hydrogen (secondary N) is 2. The average molecular weight is 258 g/mol. The predicted octanol–water partition coefficient (Wildman–Crippen LogP) is 3.03. The lowest BCUT2D eigenvalue weighted by Gasteiger charge is -2.06. The van der Waals surface area contributed by atoms with Crippen LogP contribution in [0, 0.1) is 0 Å². The van der Waals surface area contributed by atoms with Crippen molar-refractivity contribution < 1.29 is 9.21 Å². The Morgan fingerprint density at radius 3 is 2.63 bits per heavy atom. The van der Waals surface area contributed by atoms with Crippen molar-refractivity contribution in [3.05, 3.63) is 54.0 Å². The second-order valence-electron chi connectivity index (χ2n) is 4.32. The third kappa shape index (κ3) is 3.88. The summed E-state index contributed by atoms with van der Waals surface area (Å²) in [6.07, 6.45) is 4.29. The maximum Gasteiger partial charge on any atom is 0.251 e. The van der Waals surface area contributed by atoms with Crippen LogP contribution in [0.15, 0.2) is 47.3 Å². The van der Waals surface area contributed by atoms with Gasteiger partial charge in [0.2, 0.25) is 0 Å². The Labute approximate surface area is 112 Å². The van der Waals surface area contributed by atoms with Crippen LogP contribution in [0.1, 0.15) is 29.3 Å². The topological polar surface area (TPSA) is 54.3 Å². The molecule has 0 saturated heterocycles. The average Bonchev–Trinajstić information content (AvgIpc) is 2.96. The minimum atomic E-state index is -0.0803. The Balaban J connectivity index is 1.88. The highest BCUT2D eigenvalue weighted by Crippen LogP contribution is 2.10. The van der Waals surface area contributed by atoms with Gasteiger partial charge < -0.3 is 15.1 Å². The Morgan fingerprint density at radius 2 is 2.00 bits per heavy atom. The molecule has 0 aliphatic rings. The molecule has 0 radical (unpaired) electrons. The van der Waals surface area contributed by atoms with E-state index in [1.54, 1.807) is 12.5 Å². The molecule has 1 aromatic carbocycles. The Hall–Kier alpha value is -2.23. The molecule has 2 rings (SSSR count). The highest BCUT2D eigenvalue weighted by Gasteiger charge is 2.05. The minimum absolute atomic E-state index is 0.0803. The monoisotopic (exact) mass is 258 g/mol. The molecule has 2 N–H and O–H groups in total. The SMILES string of the molecule is CCCNc1ccc(C(=O)NCc2ccoc2)cc1. The maximum absolute atomic E-state index is 11.9. The highest BCUT2D eigenvalue weighted by molar-refractivity contribution is 5.94. The van der Waals surface area contributed by atoms with E-state index in [1.807, 2.05) is 30.3 Å². The largest absolute Gasteiger partial charge is 0.472 e. The first-order valence-corrected chi connectivity index (χ1v) is 6.43. The third-order valence-electron chi connectivity index (χ3n) is 2.76. The quantitative estimate of drug-likeness (QED) is 0.837. The molecule has 0 atom stereocenters. The number of hydrogen-bond donors (Lipinski definition) is 2. The van der Waals surface area contributed by atoms with E-state index < -0.39 is 0 Å². The second-order valence-corrected chi connectivity index (χ2v) is 4.32. The Kier molecular flexibility index (Phi) is 4.61. The number of hydrogen-bond acceptors (Lipinski definition) is 3. The molecule has 4 heteroatoms. The fourth-order valence-corrected chi connectivity index (χ4v) is 1.69. The van der Waals surface area contributed by atoms with Gasteiger partial charge in [0.25, 0.3) is 5.91 Å². The van der Waals surface area contributed by atoms with Crippen LogP contribution in [-0.2, 0) is 6.54 Å². The molecule has 100 valence electrons. The van der Waals surface area contributed by atoms with E-state index in [0.29, 0.717) is 12.1 Å². The number of carbonyl (C=O) groups is 1. The van der Waals surface area contributed by atoms with Crippen LogP contribution < -0.4 is 10.6 Å². The van der Waals surface area contributed by atoms with Crippen molar-refractivity contribution in [3.8, 4) is 0 Å². The molecular formula is C15H18N2O2. The van der Waals surface area contributed by atoms with Crippen molar-refractivity contribution >= 4 is 11.6 Å².